The van der Waals surface area contributed by atoms with Gasteiger partial charge in [0.2, 0.25) is 0 Å². The highest BCUT2D eigenvalue weighted by Crippen LogP contribution is 2.15. The molecule has 7 heteroatoms. The third kappa shape index (κ3) is 4.93. The second kappa shape index (κ2) is 7.23. The minimum Gasteiger partial charge on any atom is -0.481 e. The minimum atomic E-state index is -0.897. The second-order valence-electron chi connectivity index (χ2n) is 3.33. The van der Waals surface area contributed by atoms with Crippen molar-refractivity contribution < 1.29 is 19.1 Å². The van der Waals surface area contributed by atoms with Crippen LogP contribution in [0.3, 0.4) is 0 Å². The summed E-state index contributed by atoms with van der Waals surface area (Å²) in [6.45, 7) is 0.320. The molecule has 98 valence electrons. The molecule has 0 saturated carbocycles. The highest BCUT2D eigenvalue weighted by molar-refractivity contribution is 7.99. The van der Waals surface area contributed by atoms with Crippen LogP contribution in [0, 0.1) is 5.82 Å². The first-order valence-corrected chi connectivity index (χ1v) is 6.56. The predicted octanol–water partition coefficient (Wildman–Crippen LogP) is 2.03. The number of benzene rings is 1. The van der Waals surface area contributed by atoms with Crippen molar-refractivity contribution in [1.82, 2.24) is 5.32 Å². The zero-order valence-corrected chi connectivity index (χ0v) is 10.9. The molecule has 1 amide bonds. The molecule has 0 fully saturated rings. The van der Waals surface area contributed by atoms with E-state index in [4.69, 9.17) is 16.7 Å². The normalized spacial score (nSPS) is 10.1. The molecule has 1 aromatic rings. The van der Waals surface area contributed by atoms with Gasteiger partial charge in [-0.05, 0) is 18.2 Å². The Labute approximate surface area is 113 Å². The lowest BCUT2D eigenvalue weighted by Gasteiger charge is -2.05. The number of carboxylic acids is 1. The summed E-state index contributed by atoms with van der Waals surface area (Å²) in [4.78, 5) is 21.8. The Kier molecular flexibility index (Phi) is 5.94. The number of thioether (sulfide) groups is 1. The van der Waals surface area contributed by atoms with E-state index in [-0.39, 0.29) is 16.3 Å². The number of rotatable bonds is 6. The number of amides is 1. The Bertz CT molecular complexity index is 456. The van der Waals surface area contributed by atoms with E-state index in [1.807, 2.05) is 0 Å². The molecular formula is C11H11ClFNO3S. The molecule has 0 spiro atoms. The molecule has 0 atom stereocenters. The van der Waals surface area contributed by atoms with Gasteiger partial charge in [-0.15, -0.1) is 11.8 Å². The van der Waals surface area contributed by atoms with Crippen molar-refractivity contribution in [2.45, 2.75) is 0 Å². The van der Waals surface area contributed by atoms with Crippen LogP contribution in [0.2, 0.25) is 5.02 Å². The van der Waals surface area contributed by atoms with E-state index in [0.717, 1.165) is 6.07 Å². The van der Waals surface area contributed by atoms with Gasteiger partial charge in [-0.3, -0.25) is 9.59 Å². The first kappa shape index (κ1) is 14.8. The predicted molar refractivity (Wildman–Crippen MR) is 68.7 cm³/mol. The molecule has 0 aromatic heterocycles. The number of carbonyl (C=O) groups excluding carboxylic acids is 1. The van der Waals surface area contributed by atoms with Gasteiger partial charge in [0.25, 0.3) is 5.91 Å². The van der Waals surface area contributed by atoms with Crippen LogP contribution in [-0.4, -0.2) is 35.0 Å². The SMILES string of the molecule is O=C(O)CSCCNC(=O)c1ccc(Cl)c(F)c1. The molecule has 0 aliphatic carbocycles. The van der Waals surface area contributed by atoms with Gasteiger partial charge in [0, 0.05) is 17.9 Å². The average Bonchev–Trinajstić information content (AvgIpc) is 2.31. The number of aliphatic carboxylic acids is 1. The first-order valence-electron chi connectivity index (χ1n) is 5.03. The summed E-state index contributed by atoms with van der Waals surface area (Å²) < 4.78 is 13.1. The molecule has 0 aliphatic heterocycles. The van der Waals surface area contributed by atoms with Crippen LogP contribution in [0.1, 0.15) is 10.4 Å². The largest absolute Gasteiger partial charge is 0.481 e. The summed E-state index contributed by atoms with van der Waals surface area (Å²) in [5.41, 5.74) is 0.181. The average molecular weight is 292 g/mol. The van der Waals surface area contributed by atoms with E-state index in [2.05, 4.69) is 5.32 Å². The van der Waals surface area contributed by atoms with Gasteiger partial charge in [0.1, 0.15) is 5.82 Å². The summed E-state index contributed by atoms with van der Waals surface area (Å²) in [6.07, 6.45) is 0. The lowest BCUT2D eigenvalue weighted by molar-refractivity contribution is -0.133. The van der Waals surface area contributed by atoms with Gasteiger partial charge in [-0.25, -0.2) is 4.39 Å². The number of nitrogens with one attached hydrogen (secondary N) is 1. The molecule has 0 bridgehead atoms. The van der Waals surface area contributed by atoms with E-state index >= 15 is 0 Å². The van der Waals surface area contributed by atoms with Crippen molar-refractivity contribution >= 4 is 35.2 Å². The Morgan fingerprint density at radius 2 is 2.17 bits per heavy atom. The van der Waals surface area contributed by atoms with E-state index in [9.17, 15) is 14.0 Å². The molecule has 4 nitrogen and oxygen atoms in total. The van der Waals surface area contributed by atoms with Gasteiger partial charge >= 0.3 is 5.97 Å². The van der Waals surface area contributed by atoms with Crippen LogP contribution in [0.4, 0.5) is 4.39 Å². The van der Waals surface area contributed by atoms with Crippen LogP contribution < -0.4 is 5.32 Å². The Morgan fingerprint density at radius 1 is 1.44 bits per heavy atom. The van der Waals surface area contributed by atoms with Crippen LogP contribution in [0.15, 0.2) is 18.2 Å². The highest BCUT2D eigenvalue weighted by atomic mass is 35.5. The monoisotopic (exact) mass is 291 g/mol. The van der Waals surface area contributed by atoms with Gasteiger partial charge in [0.05, 0.1) is 10.8 Å². The zero-order valence-electron chi connectivity index (χ0n) is 9.28. The number of carbonyl (C=O) groups is 2. The summed E-state index contributed by atoms with van der Waals surface area (Å²) in [5.74, 6) is -1.49. The van der Waals surface area contributed by atoms with E-state index in [1.165, 1.54) is 23.9 Å². The molecule has 0 unspecified atom stereocenters. The van der Waals surface area contributed by atoms with E-state index in [1.54, 1.807) is 0 Å². The molecular weight excluding hydrogens is 281 g/mol. The van der Waals surface area contributed by atoms with Crippen molar-refractivity contribution in [2.75, 3.05) is 18.1 Å². The summed E-state index contributed by atoms with van der Waals surface area (Å²) in [7, 11) is 0. The second-order valence-corrected chi connectivity index (χ2v) is 4.84. The maximum atomic E-state index is 13.1. The minimum absolute atomic E-state index is 0.00849. The Morgan fingerprint density at radius 3 is 2.78 bits per heavy atom. The van der Waals surface area contributed by atoms with Gasteiger partial charge in [0.15, 0.2) is 0 Å². The molecule has 1 rings (SSSR count). The molecule has 0 radical (unpaired) electrons. The molecule has 0 saturated heterocycles. The standard InChI is InChI=1S/C11H11ClFNO3S/c12-8-2-1-7(5-9(8)13)11(17)14-3-4-18-6-10(15)16/h1-2,5H,3-4,6H2,(H,14,17)(H,15,16). The third-order valence-electron chi connectivity index (χ3n) is 1.94. The first-order chi connectivity index (χ1) is 8.50. The van der Waals surface area contributed by atoms with Crippen LogP contribution in [-0.2, 0) is 4.79 Å². The fourth-order valence-corrected chi connectivity index (χ4v) is 1.82. The third-order valence-corrected chi connectivity index (χ3v) is 3.19. The Balaban J connectivity index is 2.36. The lowest BCUT2D eigenvalue weighted by Crippen LogP contribution is -2.26. The van der Waals surface area contributed by atoms with Gasteiger partial charge < -0.3 is 10.4 Å². The number of hydrogen-bond acceptors (Lipinski definition) is 3. The topological polar surface area (TPSA) is 66.4 Å². The van der Waals surface area contributed by atoms with Crippen LogP contribution in [0.25, 0.3) is 0 Å². The fourth-order valence-electron chi connectivity index (χ4n) is 1.14. The van der Waals surface area contributed by atoms with Crippen molar-refractivity contribution in [3.05, 3.63) is 34.6 Å². The van der Waals surface area contributed by atoms with Gasteiger partial charge in [-0.2, -0.15) is 0 Å². The number of carboxylic acid groups (broad SMARTS) is 1. The molecule has 0 aliphatic rings. The Hall–Kier alpha value is -1.27. The molecule has 1 aromatic carbocycles. The van der Waals surface area contributed by atoms with E-state index in [0.29, 0.717) is 12.3 Å². The summed E-state index contributed by atoms with van der Waals surface area (Å²) >= 11 is 6.69. The maximum Gasteiger partial charge on any atom is 0.313 e. The molecule has 18 heavy (non-hydrogen) atoms. The molecule has 0 heterocycles. The van der Waals surface area contributed by atoms with Crippen molar-refractivity contribution in [1.29, 1.82) is 0 Å². The summed E-state index contributed by atoms with van der Waals surface area (Å²) in [6, 6.07) is 3.79. The van der Waals surface area contributed by atoms with Crippen LogP contribution in [0.5, 0.6) is 0 Å². The zero-order chi connectivity index (χ0) is 13.5. The fraction of sp³-hybridized carbons (Fsp3) is 0.273. The smallest absolute Gasteiger partial charge is 0.313 e. The van der Waals surface area contributed by atoms with Crippen molar-refractivity contribution in [3.8, 4) is 0 Å². The van der Waals surface area contributed by atoms with Gasteiger partial charge in [-0.1, -0.05) is 11.6 Å². The quantitative estimate of drug-likeness (QED) is 0.787. The molecule has 2 N–H and O–H groups in total. The highest BCUT2D eigenvalue weighted by Gasteiger charge is 2.08. The summed E-state index contributed by atoms with van der Waals surface area (Å²) in [5, 5.41) is 10.9. The van der Waals surface area contributed by atoms with Crippen LogP contribution >= 0.6 is 23.4 Å². The van der Waals surface area contributed by atoms with E-state index < -0.39 is 17.7 Å². The number of halogens is 2. The van der Waals surface area contributed by atoms with Crippen molar-refractivity contribution in [2.24, 2.45) is 0 Å². The van der Waals surface area contributed by atoms with Crippen molar-refractivity contribution in [3.63, 3.8) is 0 Å². The number of hydrogen-bond donors (Lipinski definition) is 2. The maximum absolute atomic E-state index is 13.1. The lowest BCUT2D eigenvalue weighted by atomic mass is 10.2.